The van der Waals surface area contributed by atoms with E-state index in [1.807, 2.05) is 0 Å². The Hall–Kier alpha value is -1.06. The van der Waals surface area contributed by atoms with Crippen molar-refractivity contribution in [1.82, 2.24) is 5.32 Å². The highest BCUT2D eigenvalue weighted by atomic mass is 16.5. The summed E-state index contributed by atoms with van der Waals surface area (Å²) < 4.78 is 4.35. The van der Waals surface area contributed by atoms with Gasteiger partial charge in [0.1, 0.15) is 0 Å². The van der Waals surface area contributed by atoms with Gasteiger partial charge in [-0.3, -0.25) is 4.79 Å². The van der Waals surface area contributed by atoms with Gasteiger partial charge in [-0.1, -0.05) is 32.6 Å². The molecule has 4 nitrogen and oxygen atoms in total. The smallest absolute Gasteiger partial charge is 0.331 e. The Labute approximate surface area is 91.4 Å². The standard InChI is InChI=1S/C11H20NO3/c1-3-4-5-6-7-8-10(13)12-9-11(14)15-2/h9H,3-8H2,1-2H3,(H,12,13). The Bertz CT molecular complexity index is 192. The van der Waals surface area contributed by atoms with Gasteiger partial charge >= 0.3 is 5.97 Å². The molecule has 0 spiro atoms. The largest absolute Gasteiger partial charge is 0.467 e. The predicted octanol–water partition coefficient (Wildman–Crippen LogP) is 1.80. The van der Waals surface area contributed by atoms with Crippen molar-refractivity contribution in [1.29, 1.82) is 0 Å². The van der Waals surface area contributed by atoms with Gasteiger partial charge in [-0.2, -0.15) is 0 Å². The first-order valence-electron chi connectivity index (χ1n) is 5.41. The number of carbonyl (C=O) groups excluding carboxylic acids is 2. The molecule has 87 valence electrons. The Balaban J connectivity index is 3.30. The third kappa shape index (κ3) is 9.25. The number of unbranched alkanes of at least 4 members (excludes halogenated alkanes) is 4. The van der Waals surface area contributed by atoms with Gasteiger partial charge in [-0.05, 0) is 6.42 Å². The first-order chi connectivity index (χ1) is 7.20. The number of carbonyl (C=O) groups is 2. The Morgan fingerprint density at radius 1 is 1.20 bits per heavy atom. The van der Waals surface area contributed by atoms with Crippen LogP contribution in [0.15, 0.2) is 0 Å². The van der Waals surface area contributed by atoms with Crippen LogP contribution in [-0.2, 0) is 14.3 Å². The lowest BCUT2D eigenvalue weighted by Crippen LogP contribution is -2.24. The average Bonchev–Trinajstić information content (AvgIpc) is 2.25. The van der Waals surface area contributed by atoms with Gasteiger partial charge in [-0.25, -0.2) is 4.79 Å². The molecule has 0 aromatic heterocycles. The third-order valence-electron chi connectivity index (χ3n) is 2.06. The maximum Gasteiger partial charge on any atom is 0.331 e. The number of hydrogen-bond donors (Lipinski definition) is 1. The van der Waals surface area contributed by atoms with Crippen molar-refractivity contribution in [3.63, 3.8) is 0 Å². The fourth-order valence-electron chi connectivity index (χ4n) is 1.16. The number of rotatable bonds is 8. The Morgan fingerprint density at radius 2 is 1.87 bits per heavy atom. The molecule has 0 aliphatic heterocycles. The van der Waals surface area contributed by atoms with Gasteiger partial charge in [0.05, 0.1) is 7.11 Å². The van der Waals surface area contributed by atoms with Crippen LogP contribution >= 0.6 is 0 Å². The summed E-state index contributed by atoms with van der Waals surface area (Å²) in [7, 11) is 1.27. The molecule has 0 bridgehead atoms. The van der Waals surface area contributed by atoms with Gasteiger partial charge in [0, 0.05) is 6.42 Å². The molecule has 0 aliphatic rings. The highest BCUT2D eigenvalue weighted by Gasteiger charge is 2.05. The molecule has 0 aromatic carbocycles. The monoisotopic (exact) mass is 214 g/mol. The molecular weight excluding hydrogens is 194 g/mol. The number of esters is 1. The summed E-state index contributed by atoms with van der Waals surface area (Å²) in [5.41, 5.74) is 0. The Morgan fingerprint density at radius 3 is 2.47 bits per heavy atom. The van der Waals surface area contributed by atoms with E-state index in [-0.39, 0.29) is 5.91 Å². The molecule has 0 fully saturated rings. The minimum atomic E-state index is -0.533. The van der Waals surface area contributed by atoms with Gasteiger partial charge < -0.3 is 10.1 Å². The van der Waals surface area contributed by atoms with Crippen LogP contribution in [0.25, 0.3) is 0 Å². The molecule has 0 aromatic rings. The second-order valence-electron chi connectivity index (χ2n) is 3.40. The minimum absolute atomic E-state index is 0.128. The van der Waals surface area contributed by atoms with Crippen molar-refractivity contribution in [2.24, 2.45) is 0 Å². The number of nitrogens with one attached hydrogen (secondary N) is 1. The molecule has 0 saturated carbocycles. The number of methoxy groups -OCH3 is 1. The third-order valence-corrected chi connectivity index (χ3v) is 2.06. The molecule has 1 amide bonds. The van der Waals surface area contributed by atoms with E-state index in [4.69, 9.17) is 0 Å². The van der Waals surface area contributed by atoms with E-state index in [0.29, 0.717) is 6.42 Å². The van der Waals surface area contributed by atoms with Crippen LogP contribution < -0.4 is 5.32 Å². The van der Waals surface area contributed by atoms with Crippen molar-refractivity contribution < 1.29 is 14.3 Å². The molecular formula is C11H20NO3. The first-order valence-corrected chi connectivity index (χ1v) is 5.41. The molecule has 0 aliphatic carbocycles. The zero-order valence-corrected chi connectivity index (χ0v) is 9.54. The minimum Gasteiger partial charge on any atom is -0.467 e. The summed E-state index contributed by atoms with van der Waals surface area (Å²) in [6, 6.07) is 0. The van der Waals surface area contributed by atoms with E-state index in [1.54, 1.807) is 0 Å². The first kappa shape index (κ1) is 13.9. The fraction of sp³-hybridized carbons (Fsp3) is 0.727. The molecule has 0 rings (SSSR count). The molecule has 15 heavy (non-hydrogen) atoms. The van der Waals surface area contributed by atoms with E-state index >= 15 is 0 Å². The van der Waals surface area contributed by atoms with Crippen LogP contribution in [0, 0.1) is 6.54 Å². The summed E-state index contributed by atoms with van der Waals surface area (Å²) in [4.78, 5) is 21.8. The van der Waals surface area contributed by atoms with Crippen molar-refractivity contribution in [3.8, 4) is 0 Å². The van der Waals surface area contributed by atoms with Crippen LogP contribution in [-0.4, -0.2) is 19.0 Å². The van der Waals surface area contributed by atoms with Crippen molar-refractivity contribution in [2.75, 3.05) is 7.11 Å². The molecule has 4 heteroatoms. The fourth-order valence-corrected chi connectivity index (χ4v) is 1.16. The number of amides is 1. The lowest BCUT2D eigenvalue weighted by atomic mass is 10.1. The second kappa shape index (κ2) is 9.49. The van der Waals surface area contributed by atoms with E-state index < -0.39 is 5.97 Å². The Kier molecular flexibility index (Phi) is 8.82. The second-order valence-corrected chi connectivity index (χ2v) is 3.40. The number of hydrogen-bond acceptors (Lipinski definition) is 3. The van der Waals surface area contributed by atoms with Crippen LogP contribution in [0.5, 0.6) is 0 Å². The topological polar surface area (TPSA) is 55.4 Å². The van der Waals surface area contributed by atoms with E-state index in [2.05, 4.69) is 17.0 Å². The highest BCUT2D eigenvalue weighted by molar-refractivity contribution is 5.86. The summed E-state index contributed by atoms with van der Waals surface area (Å²) in [6.07, 6.45) is 6.00. The summed E-state index contributed by atoms with van der Waals surface area (Å²) in [5.74, 6) is -0.661. The lowest BCUT2D eigenvalue weighted by molar-refractivity contribution is -0.138. The lowest BCUT2D eigenvalue weighted by Gasteiger charge is -2.02. The molecule has 1 radical (unpaired) electrons. The molecule has 1 N–H and O–H groups in total. The van der Waals surface area contributed by atoms with Gasteiger partial charge in [-0.15, -0.1) is 0 Å². The normalized spacial score (nSPS) is 9.73. The van der Waals surface area contributed by atoms with Crippen LogP contribution in [0.3, 0.4) is 0 Å². The predicted molar refractivity (Wildman–Crippen MR) is 57.8 cm³/mol. The molecule has 0 saturated heterocycles. The molecule has 0 atom stereocenters. The average molecular weight is 214 g/mol. The molecule has 0 heterocycles. The maximum atomic E-state index is 11.1. The van der Waals surface area contributed by atoms with E-state index in [9.17, 15) is 9.59 Å². The highest BCUT2D eigenvalue weighted by Crippen LogP contribution is 2.04. The maximum absolute atomic E-state index is 11.1. The summed E-state index contributed by atoms with van der Waals surface area (Å²) in [5, 5.41) is 2.39. The quantitative estimate of drug-likeness (QED) is 0.495. The zero-order chi connectivity index (χ0) is 11.5. The van der Waals surface area contributed by atoms with Crippen molar-refractivity contribution >= 4 is 11.9 Å². The van der Waals surface area contributed by atoms with E-state index in [0.717, 1.165) is 19.4 Å². The number of ether oxygens (including phenoxy) is 1. The SMILES string of the molecule is CCCCCCCC(=O)N[CH]C(=O)OC. The van der Waals surface area contributed by atoms with Crippen LogP contribution in [0.4, 0.5) is 0 Å². The van der Waals surface area contributed by atoms with E-state index in [1.165, 1.54) is 26.4 Å². The molecule has 0 unspecified atom stereocenters. The van der Waals surface area contributed by atoms with Crippen LogP contribution in [0.1, 0.15) is 45.4 Å². The van der Waals surface area contributed by atoms with Crippen molar-refractivity contribution in [2.45, 2.75) is 45.4 Å². The summed E-state index contributed by atoms with van der Waals surface area (Å²) in [6.45, 7) is 3.20. The van der Waals surface area contributed by atoms with Gasteiger partial charge in [0.2, 0.25) is 5.91 Å². The zero-order valence-electron chi connectivity index (χ0n) is 9.54. The van der Waals surface area contributed by atoms with Crippen LogP contribution in [0.2, 0.25) is 0 Å². The summed E-state index contributed by atoms with van der Waals surface area (Å²) >= 11 is 0. The van der Waals surface area contributed by atoms with Gasteiger partial charge in [0.15, 0.2) is 6.54 Å². The van der Waals surface area contributed by atoms with Crippen molar-refractivity contribution in [3.05, 3.63) is 6.54 Å². The van der Waals surface area contributed by atoms with Gasteiger partial charge in [0.25, 0.3) is 0 Å².